The van der Waals surface area contributed by atoms with E-state index in [1.54, 1.807) is 4.57 Å². The number of anilines is 1. The summed E-state index contributed by atoms with van der Waals surface area (Å²) in [6, 6.07) is 29.2. The molecule has 212 valence electrons. The summed E-state index contributed by atoms with van der Waals surface area (Å²) >= 11 is 6.39. The number of carbonyl (C=O) groups excluding carboxylic acids is 1. The van der Waals surface area contributed by atoms with Gasteiger partial charge in [-0.1, -0.05) is 81.9 Å². The molecule has 7 rings (SSSR count). The van der Waals surface area contributed by atoms with E-state index in [4.69, 9.17) is 4.99 Å². The van der Waals surface area contributed by atoms with Gasteiger partial charge in [0.1, 0.15) is 6.04 Å². The number of hydrogen-bond acceptors (Lipinski definition) is 5. The van der Waals surface area contributed by atoms with Gasteiger partial charge in [-0.2, -0.15) is 0 Å². The minimum atomic E-state index is -0.569. The number of nitrogens with one attached hydrogen (secondary N) is 1. The van der Waals surface area contributed by atoms with Crippen molar-refractivity contribution in [1.29, 1.82) is 0 Å². The Morgan fingerprint density at radius 1 is 1.00 bits per heavy atom. The van der Waals surface area contributed by atoms with Crippen molar-refractivity contribution in [2.75, 3.05) is 5.32 Å². The Morgan fingerprint density at radius 3 is 2.53 bits per heavy atom. The minimum Gasteiger partial charge on any atom is -0.342 e. The van der Waals surface area contributed by atoms with Crippen LogP contribution in [0.15, 0.2) is 128 Å². The zero-order valence-electron chi connectivity index (χ0n) is 23.0. The number of hydrogen-bond donors (Lipinski definition) is 1. The number of amides is 1. The molecule has 6 nitrogen and oxygen atoms in total. The van der Waals surface area contributed by atoms with Gasteiger partial charge in [0.15, 0.2) is 4.80 Å². The van der Waals surface area contributed by atoms with E-state index in [1.165, 1.54) is 28.2 Å². The molecule has 0 spiro atoms. The number of rotatable bonds is 6. The molecule has 0 saturated carbocycles. The highest BCUT2D eigenvalue weighted by molar-refractivity contribution is 9.10. The van der Waals surface area contributed by atoms with E-state index >= 15 is 0 Å². The van der Waals surface area contributed by atoms with Gasteiger partial charge in [0, 0.05) is 44.2 Å². The Hall–Kier alpha value is -4.31. The van der Waals surface area contributed by atoms with Crippen LogP contribution in [0.3, 0.4) is 0 Å². The van der Waals surface area contributed by atoms with Crippen LogP contribution >= 0.6 is 38.6 Å². The van der Waals surface area contributed by atoms with E-state index < -0.39 is 6.04 Å². The van der Waals surface area contributed by atoms with E-state index in [2.05, 4.69) is 56.3 Å². The summed E-state index contributed by atoms with van der Waals surface area (Å²) in [5, 5.41) is 6.03. The number of fused-ring (bicyclic) bond motifs is 2. The third-order valence-electron chi connectivity index (χ3n) is 7.48. The molecular formula is C34H25BrN4O2S2. The molecule has 1 amide bonds. The smallest absolute Gasteiger partial charge is 0.271 e. The normalized spacial score (nSPS) is 15.0. The molecule has 1 aliphatic heterocycles. The lowest BCUT2D eigenvalue weighted by Crippen LogP contribution is -2.40. The first-order valence-electron chi connectivity index (χ1n) is 13.7. The average Bonchev–Trinajstić information content (AvgIpc) is 3.74. The van der Waals surface area contributed by atoms with Crippen molar-refractivity contribution in [3.05, 3.63) is 154 Å². The molecule has 0 saturated heterocycles. The van der Waals surface area contributed by atoms with Crippen LogP contribution in [0.25, 0.3) is 17.0 Å². The molecule has 1 atom stereocenters. The number of thiazole rings is 1. The van der Waals surface area contributed by atoms with E-state index in [9.17, 15) is 9.59 Å². The molecule has 43 heavy (non-hydrogen) atoms. The average molecular weight is 666 g/mol. The standard InChI is InChI=1S/C34H25BrN4O2S2/c1-21-30(32(40)37-25-8-3-2-4-9-25)31(28-12-7-17-42-28)39-33(41)29(43-34(39)36-21)18-23-20-38(27-11-6-5-10-26(23)27)19-22-13-15-24(35)16-14-22/h2-18,20,31H,19H2,1H3,(H,37,40)/b29-18+/t31-/m0/s1. The molecule has 6 aromatic rings. The van der Waals surface area contributed by atoms with Gasteiger partial charge in [-0.05, 0) is 60.3 Å². The minimum absolute atomic E-state index is 0.163. The summed E-state index contributed by atoms with van der Waals surface area (Å²) in [4.78, 5) is 34.1. The lowest BCUT2D eigenvalue weighted by atomic mass is 10.0. The van der Waals surface area contributed by atoms with Crippen molar-refractivity contribution in [3.8, 4) is 0 Å². The van der Waals surface area contributed by atoms with E-state index in [0.29, 0.717) is 32.8 Å². The number of benzene rings is 3. The maximum atomic E-state index is 14.1. The Kier molecular flexibility index (Phi) is 7.30. The summed E-state index contributed by atoms with van der Waals surface area (Å²) in [5.41, 5.74) is 4.84. The molecule has 1 aliphatic rings. The van der Waals surface area contributed by atoms with Gasteiger partial charge in [-0.25, -0.2) is 4.99 Å². The number of allylic oxidation sites excluding steroid dienone is 1. The Labute approximate surface area is 263 Å². The highest BCUT2D eigenvalue weighted by Gasteiger charge is 2.33. The second kappa shape index (κ2) is 11.4. The number of aromatic nitrogens is 2. The van der Waals surface area contributed by atoms with E-state index in [1.807, 2.05) is 85.1 Å². The van der Waals surface area contributed by atoms with Crippen molar-refractivity contribution >= 4 is 67.2 Å². The maximum absolute atomic E-state index is 14.1. The van der Waals surface area contributed by atoms with Crippen LogP contribution in [0.1, 0.15) is 29.0 Å². The van der Waals surface area contributed by atoms with Crippen LogP contribution in [0.5, 0.6) is 0 Å². The highest BCUT2D eigenvalue weighted by Crippen LogP contribution is 2.33. The number of nitrogens with zero attached hydrogens (tertiary/aromatic N) is 3. The topological polar surface area (TPSA) is 68.4 Å². The summed E-state index contributed by atoms with van der Waals surface area (Å²) in [6.45, 7) is 2.55. The van der Waals surface area contributed by atoms with Crippen molar-refractivity contribution in [3.63, 3.8) is 0 Å². The molecule has 0 fully saturated rings. The molecule has 3 aromatic carbocycles. The molecular weight excluding hydrogens is 640 g/mol. The van der Waals surface area contributed by atoms with Gasteiger partial charge in [-0.15, -0.1) is 11.3 Å². The Bertz CT molecular complexity index is 2190. The first-order chi connectivity index (χ1) is 21.0. The SMILES string of the molecule is CC1=C(C(=O)Nc2ccccc2)[C@H](c2cccs2)n2c(s/c(=C/c3cn(Cc4ccc(Br)cc4)c4ccccc34)c2=O)=N1. The van der Waals surface area contributed by atoms with Crippen LogP contribution in [-0.4, -0.2) is 15.0 Å². The molecule has 4 heterocycles. The van der Waals surface area contributed by atoms with Crippen molar-refractivity contribution < 1.29 is 4.79 Å². The fraction of sp³-hybridized carbons (Fsp3) is 0.0882. The second-order valence-electron chi connectivity index (χ2n) is 10.3. The number of halogens is 1. The van der Waals surface area contributed by atoms with Gasteiger partial charge in [-0.3, -0.25) is 14.2 Å². The summed E-state index contributed by atoms with van der Waals surface area (Å²) in [7, 11) is 0. The molecule has 3 aromatic heterocycles. The summed E-state index contributed by atoms with van der Waals surface area (Å²) in [6.07, 6.45) is 4.06. The number of thiophene rings is 1. The van der Waals surface area contributed by atoms with Crippen LogP contribution in [0, 0.1) is 0 Å². The fourth-order valence-corrected chi connectivity index (χ4v) is 7.62. The molecule has 9 heteroatoms. The molecule has 1 N–H and O–H groups in total. The van der Waals surface area contributed by atoms with Crippen molar-refractivity contribution in [2.24, 2.45) is 4.99 Å². The van der Waals surface area contributed by atoms with Crippen molar-refractivity contribution in [2.45, 2.75) is 19.5 Å². The lowest BCUT2D eigenvalue weighted by Gasteiger charge is -2.24. The highest BCUT2D eigenvalue weighted by atomic mass is 79.9. The first kappa shape index (κ1) is 27.5. The zero-order valence-corrected chi connectivity index (χ0v) is 26.2. The quantitative estimate of drug-likeness (QED) is 0.215. The molecule has 0 unspecified atom stereocenters. The number of carbonyl (C=O) groups is 1. The Balaban J connectivity index is 1.33. The van der Waals surface area contributed by atoms with Gasteiger partial charge >= 0.3 is 0 Å². The van der Waals surface area contributed by atoms with Crippen LogP contribution in [-0.2, 0) is 11.3 Å². The summed E-state index contributed by atoms with van der Waals surface area (Å²) < 4.78 is 5.51. The lowest BCUT2D eigenvalue weighted by molar-refractivity contribution is -0.113. The first-order valence-corrected chi connectivity index (χ1v) is 16.2. The fourth-order valence-electron chi connectivity index (χ4n) is 5.50. The van der Waals surface area contributed by atoms with E-state index in [0.717, 1.165) is 25.8 Å². The van der Waals surface area contributed by atoms with Gasteiger partial charge in [0.2, 0.25) is 0 Å². The Morgan fingerprint density at radius 2 is 1.77 bits per heavy atom. The van der Waals surface area contributed by atoms with Gasteiger partial charge < -0.3 is 9.88 Å². The predicted octanol–water partition coefficient (Wildman–Crippen LogP) is 6.70. The molecule has 0 bridgehead atoms. The van der Waals surface area contributed by atoms with Gasteiger partial charge in [0.05, 0.1) is 15.8 Å². The largest absolute Gasteiger partial charge is 0.342 e. The third-order valence-corrected chi connectivity index (χ3v) is 9.92. The molecule has 0 radical (unpaired) electrons. The monoisotopic (exact) mass is 664 g/mol. The third kappa shape index (κ3) is 5.24. The maximum Gasteiger partial charge on any atom is 0.271 e. The predicted molar refractivity (Wildman–Crippen MR) is 178 cm³/mol. The zero-order chi connectivity index (χ0) is 29.5. The van der Waals surface area contributed by atoms with E-state index in [-0.39, 0.29) is 11.5 Å². The number of para-hydroxylation sites is 2. The summed E-state index contributed by atoms with van der Waals surface area (Å²) in [5.74, 6) is -0.267. The van der Waals surface area contributed by atoms with Crippen LogP contribution in [0.2, 0.25) is 0 Å². The van der Waals surface area contributed by atoms with Crippen molar-refractivity contribution in [1.82, 2.24) is 9.13 Å². The van der Waals surface area contributed by atoms with Crippen LogP contribution in [0.4, 0.5) is 5.69 Å². The van der Waals surface area contributed by atoms with Gasteiger partial charge in [0.25, 0.3) is 11.5 Å². The molecule has 0 aliphatic carbocycles. The van der Waals surface area contributed by atoms with Crippen LogP contribution < -0.4 is 20.2 Å². The second-order valence-corrected chi connectivity index (χ2v) is 13.2.